The molecule has 0 aliphatic carbocycles. The molecule has 5 heteroatoms. The number of nitrogens with one attached hydrogen (secondary N) is 1. The van der Waals surface area contributed by atoms with Gasteiger partial charge in [-0.05, 0) is 43.6 Å². The summed E-state index contributed by atoms with van der Waals surface area (Å²) < 4.78 is 0. The number of benzene rings is 1. The van der Waals surface area contributed by atoms with Crippen molar-refractivity contribution in [3.63, 3.8) is 0 Å². The standard InChI is InChI=1S/C17H21ClN2O2/c1-2-9-20-10-7-14(8-11-20)17(22)19-12-16(21)13-3-5-15(18)6-4-13/h1,3-6,14,16,21H,7-12H2,(H,19,22). The lowest BCUT2D eigenvalue weighted by atomic mass is 9.96. The predicted molar refractivity (Wildman–Crippen MR) is 87.4 cm³/mol. The molecule has 4 nitrogen and oxygen atoms in total. The Hall–Kier alpha value is -1.54. The molecule has 1 atom stereocenters. The van der Waals surface area contributed by atoms with Crippen LogP contribution in [0.4, 0.5) is 0 Å². The van der Waals surface area contributed by atoms with Crippen LogP contribution in [0, 0.1) is 18.3 Å². The van der Waals surface area contributed by atoms with E-state index >= 15 is 0 Å². The fourth-order valence-electron chi connectivity index (χ4n) is 2.63. The Bertz CT molecular complexity index is 531. The van der Waals surface area contributed by atoms with Gasteiger partial charge in [-0.25, -0.2) is 0 Å². The Balaban J connectivity index is 1.76. The van der Waals surface area contributed by atoms with E-state index in [0.29, 0.717) is 11.6 Å². The molecule has 1 saturated heterocycles. The fraction of sp³-hybridized carbons (Fsp3) is 0.471. The van der Waals surface area contributed by atoms with Crippen molar-refractivity contribution < 1.29 is 9.90 Å². The Kier molecular flexibility index (Phi) is 6.26. The van der Waals surface area contributed by atoms with Gasteiger partial charge in [-0.2, -0.15) is 0 Å². The number of piperidine rings is 1. The van der Waals surface area contributed by atoms with Crippen LogP contribution < -0.4 is 5.32 Å². The van der Waals surface area contributed by atoms with Crippen LogP contribution in [0.3, 0.4) is 0 Å². The summed E-state index contributed by atoms with van der Waals surface area (Å²) in [6, 6.07) is 6.97. The van der Waals surface area contributed by atoms with E-state index in [-0.39, 0.29) is 18.4 Å². The summed E-state index contributed by atoms with van der Waals surface area (Å²) >= 11 is 5.81. The van der Waals surface area contributed by atoms with Gasteiger partial charge in [0.25, 0.3) is 0 Å². The number of aliphatic hydroxyl groups excluding tert-OH is 1. The molecule has 1 fully saturated rings. The van der Waals surface area contributed by atoms with Crippen LogP contribution in [0.5, 0.6) is 0 Å². The second-order valence-corrected chi connectivity index (χ2v) is 6.00. The highest BCUT2D eigenvalue weighted by Gasteiger charge is 2.24. The minimum atomic E-state index is -0.720. The van der Waals surface area contributed by atoms with E-state index in [2.05, 4.69) is 16.1 Å². The molecule has 22 heavy (non-hydrogen) atoms. The highest BCUT2D eigenvalue weighted by molar-refractivity contribution is 6.30. The van der Waals surface area contributed by atoms with E-state index in [0.717, 1.165) is 31.5 Å². The van der Waals surface area contributed by atoms with Gasteiger partial charge in [0.05, 0.1) is 12.6 Å². The number of rotatable bonds is 5. The van der Waals surface area contributed by atoms with Crippen molar-refractivity contribution in [1.29, 1.82) is 0 Å². The van der Waals surface area contributed by atoms with Crippen molar-refractivity contribution in [2.75, 3.05) is 26.2 Å². The Morgan fingerprint density at radius 2 is 2.05 bits per heavy atom. The lowest BCUT2D eigenvalue weighted by Crippen LogP contribution is -2.41. The summed E-state index contributed by atoms with van der Waals surface area (Å²) in [5.74, 6) is 2.64. The third-order valence-electron chi connectivity index (χ3n) is 4.00. The zero-order chi connectivity index (χ0) is 15.9. The van der Waals surface area contributed by atoms with Crippen LogP contribution in [0.1, 0.15) is 24.5 Å². The molecule has 1 aromatic carbocycles. The van der Waals surface area contributed by atoms with Crippen molar-refractivity contribution in [2.45, 2.75) is 18.9 Å². The molecule has 1 aliphatic heterocycles. The molecule has 1 heterocycles. The first-order chi connectivity index (χ1) is 10.6. The first-order valence-corrected chi connectivity index (χ1v) is 7.85. The zero-order valence-electron chi connectivity index (χ0n) is 12.5. The summed E-state index contributed by atoms with van der Waals surface area (Å²) in [5, 5.41) is 13.5. The molecular weight excluding hydrogens is 300 g/mol. The van der Waals surface area contributed by atoms with Crippen molar-refractivity contribution in [1.82, 2.24) is 10.2 Å². The molecule has 0 spiro atoms. The van der Waals surface area contributed by atoms with Crippen molar-refractivity contribution in [3.8, 4) is 12.3 Å². The van der Waals surface area contributed by atoms with Gasteiger partial charge in [0.15, 0.2) is 0 Å². The van der Waals surface area contributed by atoms with Crippen LogP contribution in [-0.2, 0) is 4.79 Å². The molecule has 1 unspecified atom stereocenters. The van der Waals surface area contributed by atoms with Gasteiger partial charge < -0.3 is 10.4 Å². The number of halogens is 1. The number of terminal acetylenes is 1. The topological polar surface area (TPSA) is 52.6 Å². The molecule has 0 saturated carbocycles. The van der Waals surface area contributed by atoms with Crippen LogP contribution in [0.2, 0.25) is 5.02 Å². The van der Waals surface area contributed by atoms with Crippen LogP contribution in [0.25, 0.3) is 0 Å². The Labute approximate surface area is 136 Å². The molecule has 0 aromatic heterocycles. The summed E-state index contributed by atoms with van der Waals surface area (Å²) in [7, 11) is 0. The Morgan fingerprint density at radius 3 is 2.64 bits per heavy atom. The second-order valence-electron chi connectivity index (χ2n) is 5.57. The van der Waals surface area contributed by atoms with Crippen molar-refractivity contribution >= 4 is 17.5 Å². The van der Waals surface area contributed by atoms with E-state index in [4.69, 9.17) is 18.0 Å². The normalized spacial score (nSPS) is 17.7. The molecule has 2 rings (SSSR count). The number of amides is 1. The first-order valence-electron chi connectivity index (χ1n) is 7.47. The third-order valence-corrected chi connectivity index (χ3v) is 4.25. The minimum absolute atomic E-state index is 0.00597. The molecular formula is C17H21ClN2O2. The zero-order valence-corrected chi connectivity index (χ0v) is 13.2. The van der Waals surface area contributed by atoms with Gasteiger partial charge in [-0.15, -0.1) is 6.42 Å². The van der Waals surface area contributed by atoms with Gasteiger partial charge in [0.2, 0.25) is 5.91 Å². The largest absolute Gasteiger partial charge is 0.387 e. The number of likely N-dealkylation sites (tertiary alicyclic amines) is 1. The van der Waals surface area contributed by atoms with Gasteiger partial charge in [0.1, 0.15) is 0 Å². The maximum absolute atomic E-state index is 12.2. The average molecular weight is 321 g/mol. The molecule has 2 N–H and O–H groups in total. The fourth-order valence-corrected chi connectivity index (χ4v) is 2.75. The highest BCUT2D eigenvalue weighted by atomic mass is 35.5. The van der Waals surface area contributed by atoms with Crippen LogP contribution in [0.15, 0.2) is 24.3 Å². The predicted octanol–water partition coefficient (Wildman–Crippen LogP) is 1.83. The lowest BCUT2D eigenvalue weighted by Gasteiger charge is -2.30. The summed E-state index contributed by atoms with van der Waals surface area (Å²) in [6.45, 7) is 2.55. The van der Waals surface area contributed by atoms with E-state index in [1.165, 1.54) is 0 Å². The Morgan fingerprint density at radius 1 is 1.41 bits per heavy atom. The number of hydrogen-bond donors (Lipinski definition) is 2. The SMILES string of the molecule is C#CCN1CCC(C(=O)NCC(O)c2ccc(Cl)cc2)CC1. The van der Waals surface area contributed by atoms with Crippen LogP contribution in [-0.4, -0.2) is 42.1 Å². The highest BCUT2D eigenvalue weighted by Crippen LogP contribution is 2.18. The molecule has 1 amide bonds. The number of carbonyl (C=O) groups is 1. The van der Waals surface area contributed by atoms with Crippen molar-refractivity contribution in [2.24, 2.45) is 5.92 Å². The molecule has 1 aliphatic rings. The van der Waals surface area contributed by atoms with Crippen LogP contribution >= 0.6 is 11.6 Å². The molecule has 0 bridgehead atoms. The third kappa shape index (κ3) is 4.74. The van der Waals surface area contributed by atoms with E-state index in [1.54, 1.807) is 24.3 Å². The second kappa shape index (κ2) is 8.19. The summed E-state index contributed by atoms with van der Waals surface area (Å²) in [5.41, 5.74) is 0.744. The molecule has 118 valence electrons. The van der Waals surface area contributed by atoms with Gasteiger partial charge in [-0.3, -0.25) is 9.69 Å². The van der Waals surface area contributed by atoms with Gasteiger partial charge in [0, 0.05) is 17.5 Å². The quantitative estimate of drug-likeness (QED) is 0.814. The van der Waals surface area contributed by atoms with E-state index < -0.39 is 6.10 Å². The lowest BCUT2D eigenvalue weighted by molar-refractivity contribution is -0.126. The number of nitrogens with zero attached hydrogens (tertiary/aromatic N) is 1. The number of carbonyl (C=O) groups excluding carboxylic acids is 1. The number of hydrogen-bond acceptors (Lipinski definition) is 3. The number of aliphatic hydroxyl groups is 1. The maximum atomic E-state index is 12.2. The summed E-state index contributed by atoms with van der Waals surface area (Å²) in [4.78, 5) is 14.3. The minimum Gasteiger partial charge on any atom is -0.387 e. The van der Waals surface area contributed by atoms with Crippen molar-refractivity contribution in [3.05, 3.63) is 34.9 Å². The maximum Gasteiger partial charge on any atom is 0.223 e. The van der Waals surface area contributed by atoms with E-state index in [9.17, 15) is 9.90 Å². The average Bonchev–Trinajstić information content (AvgIpc) is 2.54. The van der Waals surface area contributed by atoms with Gasteiger partial charge >= 0.3 is 0 Å². The molecule has 1 aromatic rings. The monoisotopic (exact) mass is 320 g/mol. The molecule has 0 radical (unpaired) electrons. The van der Waals surface area contributed by atoms with E-state index in [1.807, 2.05) is 0 Å². The summed E-state index contributed by atoms with van der Waals surface area (Å²) in [6.07, 6.45) is 6.19. The first kappa shape index (κ1) is 16.8. The van der Waals surface area contributed by atoms with Gasteiger partial charge in [-0.1, -0.05) is 29.7 Å². The smallest absolute Gasteiger partial charge is 0.223 e.